The van der Waals surface area contributed by atoms with Crippen molar-refractivity contribution in [3.05, 3.63) is 53.6 Å². The maximum Gasteiger partial charge on any atom is 0.243 e. The van der Waals surface area contributed by atoms with Gasteiger partial charge in [-0.2, -0.15) is 0 Å². The Kier molecular flexibility index (Phi) is 23.0. The first-order valence-corrected chi connectivity index (χ1v) is 29.4. The Hall–Kier alpha value is -7.46. The molecule has 458 valence electrons. The van der Waals surface area contributed by atoms with Gasteiger partial charge in [0.1, 0.15) is 29.5 Å². The zero-order valence-corrected chi connectivity index (χ0v) is 48.7. The maximum absolute atomic E-state index is 15.1. The Balaban J connectivity index is 1.44. The lowest BCUT2D eigenvalue weighted by Gasteiger charge is -2.32. The second-order valence-corrected chi connectivity index (χ2v) is 24.0. The average Bonchev–Trinajstić information content (AvgIpc) is 3.17. The van der Waals surface area contributed by atoms with Crippen LogP contribution in [0.25, 0.3) is 10.9 Å². The number of aromatic nitrogens is 1. The summed E-state index contributed by atoms with van der Waals surface area (Å²) in [4.78, 5) is 156. The predicted octanol–water partition coefficient (Wildman–Crippen LogP) is -1.35. The summed E-state index contributed by atoms with van der Waals surface area (Å²) in [6.45, 7) is 7.21. The van der Waals surface area contributed by atoms with Crippen LogP contribution in [0.5, 0.6) is 5.75 Å². The number of benzene rings is 2. The van der Waals surface area contributed by atoms with Crippen LogP contribution in [0.3, 0.4) is 0 Å². The van der Waals surface area contributed by atoms with Crippen LogP contribution in [-0.2, 0) is 76.6 Å². The molecular weight excluding hydrogens is 1110 g/mol. The fraction of sp³-hybridized carbons (Fsp3) is 0.561. The molecule has 5 unspecified atom stereocenters. The minimum absolute atomic E-state index is 0.00348. The van der Waals surface area contributed by atoms with Crippen molar-refractivity contribution in [1.29, 1.82) is 0 Å². The molecule has 1 fully saturated rings. The highest BCUT2D eigenvalue weighted by Gasteiger charge is 2.45. The molecule has 3 aliphatic rings. The molecule has 0 radical (unpaired) electrons. The van der Waals surface area contributed by atoms with Crippen molar-refractivity contribution >= 4 is 92.0 Å². The van der Waals surface area contributed by atoms with E-state index in [1.165, 1.54) is 6.92 Å². The Morgan fingerprint density at radius 1 is 0.845 bits per heavy atom. The minimum Gasteiger partial charge on any atom is -0.489 e. The number of aliphatic hydroxyl groups is 3. The third-order valence-corrected chi connectivity index (χ3v) is 17.2. The minimum atomic E-state index is -2.38. The number of nitrogens with zero attached hydrogens (tertiary/aromatic N) is 1. The molecule has 8 amide bonds. The van der Waals surface area contributed by atoms with Crippen molar-refractivity contribution in [2.45, 2.75) is 141 Å². The number of carbonyl (C=O) groups excluding carboxylic acids is 11. The number of ether oxygens (including phenoxy) is 1. The molecule has 2 aromatic carbocycles. The van der Waals surface area contributed by atoms with Gasteiger partial charge in [0.05, 0.1) is 78.0 Å². The number of aromatic amines is 1. The van der Waals surface area contributed by atoms with E-state index in [0.29, 0.717) is 23.1 Å². The van der Waals surface area contributed by atoms with Crippen molar-refractivity contribution < 1.29 is 77.0 Å². The molecule has 0 spiro atoms. The number of ketones is 3. The van der Waals surface area contributed by atoms with Crippen LogP contribution in [0, 0.1) is 35.5 Å². The molecular formula is C57H78N10O16S. The first-order chi connectivity index (χ1) is 39.7. The molecule has 3 aromatic rings. The number of amides is 8. The molecule has 27 heteroatoms. The van der Waals surface area contributed by atoms with Crippen LogP contribution in [0.1, 0.15) is 91.2 Å². The van der Waals surface area contributed by atoms with E-state index in [1.54, 1.807) is 63.2 Å². The predicted molar refractivity (Wildman–Crippen MR) is 304 cm³/mol. The lowest BCUT2D eigenvalue weighted by molar-refractivity contribution is -0.145. The molecule has 13 atom stereocenters. The molecule has 84 heavy (non-hydrogen) atoms. The zero-order chi connectivity index (χ0) is 61.9. The molecule has 14 N–H and O–H groups in total. The van der Waals surface area contributed by atoms with Crippen molar-refractivity contribution in [3.8, 4) is 5.75 Å². The van der Waals surface area contributed by atoms with Crippen LogP contribution in [0.4, 0.5) is 5.69 Å². The van der Waals surface area contributed by atoms with Crippen molar-refractivity contribution in [1.82, 2.24) is 36.5 Å². The monoisotopic (exact) mass is 1190 g/mol. The van der Waals surface area contributed by atoms with E-state index in [1.807, 2.05) is 13.8 Å². The number of hydrogen-bond acceptors (Lipinski definition) is 17. The van der Waals surface area contributed by atoms with Gasteiger partial charge in [-0.05, 0) is 53.6 Å². The van der Waals surface area contributed by atoms with Gasteiger partial charge in [0, 0.05) is 73.5 Å². The molecule has 6 rings (SSSR count). The zero-order valence-electron chi connectivity index (χ0n) is 47.9. The molecule has 0 aliphatic carbocycles. The summed E-state index contributed by atoms with van der Waals surface area (Å²) < 4.78 is 21.3. The van der Waals surface area contributed by atoms with E-state index in [-0.39, 0.29) is 58.9 Å². The number of anilines is 1. The van der Waals surface area contributed by atoms with E-state index < -0.39 is 193 Å². The van der Waals surface area contributed by atoms with E-state index >= 15 is 4.21 Å². The molecule has 3 aliphatic heterocycles. The second kappa shape index (κ2) is 29.4. The van der Waals surface area contributed by atoms with Gasteiger partial charge in [0.25, 0.3) is 0 Å². The summed E-state index contributed by atoms with van der Waals surface area (Å²) in [7, 11) is -2.38. The highest BCUT2D eigenvalue weighted by atomic mass is 32.2. The van der Waals surface area contributed by atoms with E-state index in [0.717, 1.165) is 4.90 Å². The molecule has 1 aromatic heterocycles. The van der Waals surface area contributed by atoms with Gasteiger partial charge >= 0.3 is 0 Å². The van der Waals surface area contributed by atoms with Crippen LogP contribution in [0.15, 0.2) is 47.5 Å². The summed E-state index contributed by atoms with van der Waals surface area (Å²) in [5.41, 5.74) is 13.2. The number of aliphatic hydroxyl groups excluding tert-OH is 3. The quantitative estimate of drug-likeness (QED) is 0.0789. The molecule has 0 saturated carbocycles. The number of hydrogen-bond donors (Lipinski definition) is 12. The van der Waals surface area contributed by atoms with Crippen molar-refractivity contribution in [3.63, 3.8) is 0 Å². The first kappa shape index (κ1) is 65.7. The van der Waals surface area contributed by atoms with Crippen molar-refractivity contribution in [2.24, 2.45) is 47.0 Å². The lowest BCUT2D eigenvalue weighted by Crippen LogP contribution is -2.56. The fourth-order valence-corrected chi connectivity index (χ4v) is 11.8. The summed E-state index contributed by atoms with van der Waals surface area (Å²) in [5.74, 6) is -15.0. The maximum atomic E-state index is 15.1. The fourth-order valence-electron chi connectivity index (χ4n) is 10.4. The summed E-state index contributed by atoms with van der Waals surface area (Å²) in [6, 6.07) is 4.60. The second-order valence-electron chi connectivity index (χ2n) is 22.6. The van der Waals surface area contributed by atoms with Crippen LogP contribution >= 0.6 is 0 Å². The normalized spacial score (nSPS) is 25.4. The standard InChI is InChI=1S/C57H78N10O16S/c1-7-28(4)50-55(80)61-21-47(75)63-40-26-84(82)56-38(37-13-12-36(20-39(37)64-56)83-25-31-8-10-34(11-9-31)62-52(77)29(5)14-43(71)49(59)27(2)3)15-32(53(78)60-22-48(76)65-50)16-44(72)51(30(6)45(73)24-68)66-54(79)41-19-35(69)23-67(41)57(81)33(17-42(40)70)18-46(58)74/h8-13,20,27-30,32-33,35,40-41,45,49-51,64,68-69,73H,7,14-19,21-26,59H2,1-6H3,(H2,58,74)(H,60,78)(H,61,80)(H,62,77)(H,63,75)(H,65,76)(H,66,79)/t28-,29+,30-,32?,33-,35?,40?,41-,45-,49?,50-,51-,84?/m0/s1. The Morgan fingerprint density at radius 3 is 2.15 bits per heavy atom. The van der Waals surface area contributed by atoms with Gasteiger partial charge in [0.2, 0.25) is 47.3 Å². The van der Waals surface area contributed by atoms with Crippen LogP contribution < -0.4 is 48.1 Å². The molecule has 4 heterocycles. The van der Waals surface area contributed by atoms with Crippen molar-refractivity contribution in [2.75, 3.05) is 37.3 Å². The highest BCUT2D eigenvalue weighted by Crippen LogP contribution is 2.33. The number of nitrogens with two attached hydrogens (primary N) is 2. The summed E-state index contributed by atoms with van der Waals surface area (Å²) in [5, 5.41) is 47.6. The third kappa shape index (κ3) is 16.9. The highest BCUT2D eigenvalue weighted by molar-refractivity contribution is 7.85. The van der Waals surface area contributed by atoms with Crippen LogP contribution in [0.2, 0.25) is 0 Å². The van der Waals surface area contributed by atoms with Gasteiger partial charge in [-0.3, -0.25) is 56.9 Å². The Bertz CT molecular complexity index is 3010. The first-order valence-electron chi connectivity index (χ1n) is 28.1. The third-order valence-electron chi connectivity index (χ3n) is 15.8. The summed E-state index contributed by atoms with van der Waals surface area (Å²) in [6.07, 6.45) is -5.78. The number of primary amides is 1. The van der Waals surface area contributed by atoms with Gasteiger partial charge in [-0.1, -0.05) is 60.1 Å². The summed E-state index contributed by atoms with van der Waals surface area (Å²) >= 11 is 0. The smallest absolute Gasteiger partial charge is 0.243 e. The largest absolute Gasteiger partial charge is 0.489 e. The number of nitrogens with one attached hydrogen (secondary N) is 7. The van der Waals surface area contributed by atoms with Crippen LogP contribution in [-0.4, -0.2) is 168 Å². The topological polar surface area (TPSA) is 418 Å². The van der Waals surface area contributed by atoms with Gasteiger partial charge in [-0.25, -0.2) is 0 Å². The van der Waals surface area contributed by atoms with E-state index in [2.05, 4.69) is 36.9 Å². The lowest BCUT2D eigenvalue weighted by atomic mass is 9.85. The number of carbonyl (C=O) groups is 11. The number of H-pyrrole nitrogens is 1. The Morgan fingerprint density at radius 2 is 1.51 bits per heavy atom. The van der Waals surface area contributed by atoms with Gasteiger partial charge in [0.15, 0.2) is 17.3 Å². The Labute approximate surface area is 487 Å². The number of Topliss-reactive ketones (excluding diaryl/α,β-unsaturated/α-hetero) is 3. The van der Waals surface area contributed by atoms with Gasteiger partial charge in [-0.15, -0.1) is 0 Å². The molecule has 2 bridgehead atoms. The van der Waals surface area contributed by atoms with E-state index in [9.17, 15) is 68.1 Å². The number of rotatable bonds is 16. The molecule has 26 nitrogen and oxygen atoms in total. The number of fused-ring (bicyclic) bond motifs is 5. The average molecular weight is 1190 g/mol. The van der Waals surface area contributed by atoms with Gasteiger partial charge < -0.3 is 73.3 Å². The SMILES string of the molecule is CC[C@H](C)[C@@H]1NC(=O)CNC(=O)C2CC(=O)[C@H]([C@@H](C)[C@@H](O)CO)NC(=O)[C@@H]3CC(O)CN3C(=O)[C@H](CC(N)=O)CC(=O)C(CS(=O)c3[nH]c4cc(OCc5ccc(NC(=O)[C@H](C)CC(=O)C(N)C(C)C)cc5)ccc4c3C2)NC(=O)CNC1=O. The molecule has 1 saturated heterocycles. The van der Waals surface area contributed by atoms with E-state index in [4.69, 9.17) is 16.2 Å².